The third-order valence-corrected chi connectivity index (χ3v) is 3.11. The second-order valence-corrected chi connectivity index (χ2v) is 4.14. The molecule has 0 unspecified atom stereocenters. The Kier molecular flexibility index (Phi) is 2.35. The van der Waals surface area contributed by atoms with Gasteiger partial charge >= 0.3 is 0 Å². The second kappa shape index (κ2) is 3.54. The Labute approximate surface area is 89.2 Å². The third kappa shape index (κ3) is 1.56. The summed E-state index contributed by atoms with van der Waals surface area (Å²) in [5.74, 6) is 0.542. The fourth-order valence-corrected chi connectivity index (χ4v) is 2.28. The first-order valence-corrected chi connectivity index (χ1v) is 5.11. The molecular formula is C13H14O2. The molecule has 0 spiro atoms. The maximum Gasteiger partial charge on any atom is 0.146 e. The molecule has 2 nitrogen and oxygen atoms in total. The van der Waals surface area contributed by atoms with Crippen LogP contribution in [0.5, 0.6) is 5.75 Å². The van der Waals surface area contributed by atoms with Crippen LogP contribution in [-0.2, 0) is 11.2 Å². The number of hydrogen-bond acceptors (Lipinski definition) is 2. The number of carbonyl (C=O) groups is 1. The average Bonchev–Trinajstić information content (AvgIpc) is 2.17. The van der Waals surface area contributed by atoms with E-state index in [1.165, 1.54) is 0 Å². The van der Waals surface area contributed by atoms with Crippen molar-refractivity contribution < 1.29 is 9.90 Å². The van der Waals surface area contributed by atoms with E-state index in [1.54, 1.807) is 12.1 Å². The highest BCUT2D eigenvalue weighted by molar-refractivity contribution is 5.90. The average molecular weight is 202 g/mol. The summed E-state index contributed by atoms with van der Waals surface area (Å²) in [5, 5.41) is 9.40. The molecule has 0 bridgehead atoms. The summed E-state index contributed by atoms with van der Waals surface area (Å²) in [7, 11) is 0. The van der Waals surface area contributed by atoms with Gasteiger partial charge in [-0.3, -0.25) is 4.79 Å². The van der Waals surface area contributed by atoms with Crippen LogP contribution in [0.15, 0.2) is 23.8 Å². The molecule has 0 saturated carbocycles. The van der Waals surface area contributed by atoms with Crippen molar-refractivity contribution in [3.8, 4) is 5.75 Å². The van der Waals surface area contributed by atoms with Crippen molar-refractivity contribution in [3.05, 3.63) is 34.9 Å². The summed E-state index contributed by atoms with van der Waals surface area (Å²) in [5.41, 5.74) is 4.14. The molecule has 15 heavy (non-hydrogen) atoms. The molecule has 1 aliphatic rings. The zero-order valence-electron chi connectivity index (χ0n) is 8.95. The molecule has 0 heterocycles. The number of phenols is 1. The molecule has 0 aliphatic heterocycles. The summed E-state index contributed by atoms with van der Waals surface area (Å²) in [6.45, 7) is 4.01. The molecule has 2 rings (SSSR count). The van der Waals surface area contributed by atoms with Gasteiger partial charge in [0.2, 0.25) is 0 Å². The second-order valence-electron chi connectivity index (χ2n) is 4.14. The van der Waals surface area contributed by atoms with Crippen molar-refractivity contribution in [1.82, 2.24) is 0 Å². The minimum Gasteiger partial charge on any atom is -0.508 e. The summed E-state index contributed by atoms with van der Waals surface area (Å²) in [4.78, 5) is 11.0. The summed E-state index contributed by atoms with van der Waals surface area (Å²) < 4.78 is 0. The van der Waals surface area contributed by atoms with E-state index >= 15 is 0 Å². The number of aromatic hydroxyl groups is 1. The molecule has 0 amide bonds. The number of phenolic OH excluding ortho intramolecular Hbond substituents is 1. The highest BCUT2D eigenvalue weighted by Crippen LogP contribution is 2.34. The first kappa shape index (κ1) is 9.97. The van der Waals surface area contributed by atoms with Crippen LogP contribution in [0.3, 0.4) is 0 Å². The van der Waals surface area contributed by atoms with E-state index in [9.17, 15) is 9.90 Å². The lowest BCUT2D eigenvalue weighted by Crippen LogP contribution is -2.13. The van der Waals surface area contributed by atoms with Gasteiger partial charge in [0.15, 0.2) is 0 Å². The van der Waals surface area contributed by atoms with E-state index in [4.69, 9.17) is 0 Å². The number of rotatable bonds is 1. The zero-order chi connectivity index (χ0) is 11.0. The molecule has 1 aromatic carbocycles. The fourth-order valence-electron chi connectivity index (χ4n) is 2.28. The third-order valence-electron chi connectivity index (χ3n) is 3.11. The molecule has 78 valence electrons. The normalized spacial score (nSPS) is 20.0. The number of hydrogen-bond donors (Lipinski definition) is 1. The highest BCUT2D eigenvalue weighted by Gasteiger charge is 2.21. The van der Waals surface area contributed by atoms with Gasteiger partial charge in [-0.1, -0.05) is 13.0 Å². The van der Waals surface area contributed by atoms with E-state index in [0.29, 0.717) is 5.75 Å². The maximum atomic E-state index is 11.0. The highest BCUT2D eigenvalue weighted by atomic mass is 16.3. The van der Waals surface area contributed by atoms with Gasteiger partial charge < -0.3 is 5.11 Å². The molecule has 0 aromatic heterocycles. The van der Waals surface area contributed by atoms with Crippen LogP contribution < -0.4 is 0 Å². The lowest BCUT2D eigenvalue weighted by Gasteiger charge is -2.23. The van der Waals surface area contributed by atoms with Crippen LogP contribution in [0, 0.1) is 5.92 Å². The van der Waals surface area contributed by atoms with Gasteiger partial charge in [0.05, 0.1) is 0 Å². The van der Waals surface area contributed by atoms with Crippen LogP contribution in [0.4, 0.5) is 0 Å². The van der Waals surface area contributed by atoms with Gasteiger partial charge in [-0.2, -0.15) is 0 Å². The van der Waals surface area contributed by atoms with Crippen molar-refractivity contribution in [2.45, 2.75) is 20.3 Å². The minimum atomic E-state index is 0.247. The van der Waals surface area contributed by atoms with E-state index in [-0.39, 0.29) is 5.92 Å². The van der Waals surface area contributed by atoms with Gasteiger partial charge in [-0.25, -0.2) is 0 Å². The standard InChI is InChI=1S/C13H14O2/c1-8-5-10-6-11(15)3-4-12(10)9(2)13(8)7-14/h3-4,6-8,15H,5H2,1-2H3/t8-/m1/s1. The zero-order valence-corrected chi connectivity index (χ0v) is 8.95. The van der Waals surface area contributed by atoms with Crippen molar-refractivity contribution in [2.24, 2.45) is 5.92 Å². The molecule has 1 aromatic rings. The van der Waals surface area contributed by atoms with Crippen molar-refractivity contribution in [3.63, 3.8) is 0 Å². The van der Waals surface area contributed by atoms with Crippen molar-refractivity contribution >= 4 is 11.9 Å². The Balaban J connectivity index is 2.61. The lowest BCUT2D eigenvalue weighted by molar-refractivity contribution is -0.105. The van der Waals surface area contributed by atoms with E-state index in [2.05, 4.69) is 0 Å². The van der Waals surface area contributed by atoms with Gasteiger partial charge in [0, 0.05) is 0 Å². The summed E-state index contributed by atoms with van der Waals surface area (Å²) in [6.07, 6.45) is 1.78. The number of fused-ring (bicyclic) bond motifs is 1. The molecule has 2 heteroatoms. The Morgan fingerprint density at radius 1 is 1.47 bits per heavy atom. The van der Waals surface area contributed by atoms with Crippen LogP contribution in [0.2, 0.25) is 0 Å². The van der Waals surface area contributed by atoms with Gasteiger partial charge in [-0.05, 0) is 53.7 Å². The van der Waals surface area contributed by atoms with Crippen LogP contribution in [-0.4, -0.2) is 11.4 Å². The largest absolute Gasteiger partial charge is 0.508 e. The van der Waals surface area contributed by atoms with Gasteiger partial charge in [0.25, 0.3) is 0 Å². The summed E-state index contributed by atoms with van der Waals surface area (Å²) in [6, 6.07) is 5.34. The molecule has 1 N–H and O–H groups in total. The van der Waals surface area contributed by atoms with Crippen LogP contribution >= 0.6 is 0 Å². The van der Waals surface area contributed by atoms with Crippen molar-refractivity contribution in [1.29, 1.82) is 0 Å². The predicted octanol–water partition coefficient (Wildman–Crippen LogP) is 2.56. The fraction of sp³-hybridized carbons (Fsp3) is 0.308. The molecule has 1 atom stereocenters. The molecule has 1 aliphatic carbocycles. The molecule has 0 radical (unpaired) electrons. The smallest absolute Gasteiger partial charge is 0.146 e. The number of allylic oxidation sites excluding steroid dienone is 2. The Morgan fingerprint density at radius 2 is 2.20 bits per heavy atom. The van der Waals surface area contributed by atoms with Gasteiger partial charge in [0.1, 0.15) is 12.0 Å². The lowest BCUT2D eigenvalue weighted by atomic mass is 9.80. The quantitative estimate of drug-likeness (QED) is 0.710. The van der Waals surface area contributed by atoms with E-state index in [1.807, 2.05) is 19.9 Å². The predicted molar refractivity (Wildman–Crippen MR) is 59.6 cm³/mol. The SMILES string of the molecule is CC1=C(C=O)[C@H](C)Cc2cc(O)ccc21. The van der Waals surface area contributed by atoms with Crippen LogP contribution in [0.1, 0.15) is 25.0 Å². The monoisotopic (exact) mass is 202 g/mol. The van der Waals surface area contributed by atoms with E-state index < -0.39 is 0 Å². The Hall–Kier alpha value is -1.57. The molecule has 0 fully saturated rings. The molecule has 0 saturated heterocycles. The van der Waals surface area contributed by atoms with E-state index in [0.717, 1.165) is 35.0 Å². The number of aldehydes is 1. The number of benzene rings is 1. The summed E-state index contributed by atoms with van der Waals surface area (Å²) >= 11 is 0. The number of carbonyl (C=O) groups excluding carboxylic acids is 1. The minimum absolute atomic E-state index is 0.247. The van der Waals surface area contributed by atoms with Crippen molar-refractivity contribution in [2.75, 3.05) is 0 Å². The molecular weight excluding hydrogens is 188 g/mol. The van der Waals surface area contributed by atoms with Crippen LogP contribution in [0.25, 0.3) is 5.57 Å². The van der Waals surface area contributed by atoms with Gasteiger partial charge in [-0.15, -0.1) is 0 Å². The first-order chi connectivity index (χ1) is 7.13. The first-order valence-electron chi connectivity index (χ1n) is 5.11. The maximum absolute atomic E-state index is 11.0. The Bertz CT molecular complexity index is 444. The Morgan fingerprint density at radius 3 is 2.87 bits per heavy atom. The topological polar surface area (TPSA) is 37.3 Å².